The van der Waals surface area contributed by atoms with E-state index in [1.165, 1.54) is 6.92 Å². The molecule has 1 rings (SSSR count). The van der Waals surface area contributed by atoms with Crippen molar-refractivity contribution in [2.24, 2.45) is 11.7 Å². The Kier molecular flexibility index (Phi) is 2.68. The summed E-state index contributed by atoms with van der Waals surface area (Å²) in [5.74, 6) is -1.08. The van der Waals surface area contributed by atoms with Gasteiger partial charge >= 0.3 is 0 Å². The van der Waals surface area contributed by atoms with E-state index in [9.17, 15) is 4.39 Å². The molecule has 12 heavy (non-hydrogen) atoms. The van der Waals surface area contributed by atoms with E-state index in [2.05, 4.69) is 6.92 Å². The van der Waals surface area contributed by atoms with Crippen LogP contribution in [0, 0.1) is 5.92 Å². The van der Waals surface area contributed by atoms with Gasteiger partial charge in [-0.25, -0.2) is 4.39 Å². The molecular weight excluding hydrogens is 153 g/mol. The van der Waals surface area contributed by atoms with Crippen LogP contribution in [0.25, 0.3) is 0 Å². The van der Waals surface area contributed by atoms with Crippen LogP contribution >= 0.6 is 0 Å². The first-order valence-electron chi connectivity index (χ1n) is 4.35. The molecule has 1 nitrogen and oxygen atoms in total. The van der Waals surface area contributed by atoms with Gasteiger partial charge < -0.3 is 0 Å². The highest BCUT2D eigenvalue weighted by atomic mass is 19.1. The zero-order chi connectivity index (χ0) is 9.19. The lowest BCUT2D eigenvalue weighted by Gasteiger charge is -2.15. The summed E-state index contributed by atoms with van der Waals surface area (Å²) in [5, 5.41) is 0. The topological polar surface area (TPSA) is 26.0 Å². The fraction of sp³-hybridized carbons (Fsp3) is 0.600. The van der Waals surface area contributed by atoms with Gasteiger partial charge in [0.2, 0.25) is 0 Å². The fourth-order valence-electron chi connectivity index (χ4n) is 1.28. The molecule has 0 bridgehead atoms. The molecule has 0 amide bonds. The lowest BCUT2D eigenvalue weighted by Crippen LogP contribution is -2.31. The van der Waals surface area contributed by atoms with Crippen molar-refractivity contribution < 1.29 is 4.39 Å². The maximum absolute atomic E-state index is 13.2. The summed E-state index contributed by atoms with van der Waals surface area (Å²) in [6, 6.07) is 0. The van der Waals surface area contributed by atoms with E-state index < -0.39 is 5.79 Å². The van der Waals surface area contributed by atoms with Crippen LogP contribution in [-0.2, 0) is 0 Å². The third-order valence-corrected chi connectivity index (χ3v) is 2.14. The summed E-state index contributed by atoms with van der Waals surface area (Å²) in [6.07, 6.45) is 7.61. The van der Waals surface area contributed by atoms with Gasteiger partial charge in [0.15, 0.2) is 5.79 Å². The Morgan fingerprint density at radius 2 is 2.25 bits per heavy atom. The van der Waals surface area contributed by atoms with Crippen molar-refractivity contribution in [1.29, 1.82) is 0 Å². The summed E-state index contributed by atoms with van der Waals surface area (Å²) in [7, 11) is 0. The Balaban J connectivity index is 2.77. The third-order valence-electron chi connectivity index (χ3n) is 2.14. The maximum Gasteiger partial charge on any atom is 0.181 e. The molecule has 0 heterocycles. The lowest BCUT2D eigenvalue weighted by molar-refractivity contribution is 0.255. The van der Waals surface area contributed by atoms with Gasteiger partial charge in [0.05, 0.1) is 0 Å². The van der Waals surface area contributed by atoms with Crippen LogP contribution < -0.4 is 5.73 Å². The fourth-order valence-corrected chi connectivity index (χ4v) is 1.28. The minimum Gasteiger partial charge on any atom is -0.296 e. The Morgan fingerprint density at radius 1 is 1.58 bits per heavy atom. The van der Waals surface area contributed by atoms with Gasteiger partial charge in [-0.2, -0.15) is 0 Å². The molecule has 1 aliphatic rings. The van der Waals surface area contributed by atoms with E-state index in [0.717, 1.165) is 12.8 Å². The van der Waals surface area contributed by atoms with Gasteiger partial charge in [-0.15, -0.1) is 0 Å². The van der Waals surface area contributed by atoms with Crippen molar-refractivity contribution in [3.8, 4) is 0 Å². The Labute approximate surface area is 73.1 Å². The van der Waals surface area contributed by atoms with E-state index >= 15 is 0 Å². The normalized spacial score (nSPS) is 29.0. The van der Waals surface area contributed by atoms with Gasteiger partial charge in [-0.1, -0.05) is 25.2 Å². The SMILES string of the molecule is CC1CC=CC(C(C)(N)F)=CC1. The lowest BCUT2D eigenvalue weighted by atomic mass is 10.0. The summed E-state index contributed by atoms with van der Waals surface area (Å²) < 4.78 is 13.2. The molecule has 0 saturated carbocycles. The quantitative estimate of drug-likeness (QED) is 0.600. The monoisotopic (exact) mass is 169 g/mol. The first-order chi connectivity index (χ1) is 5.50. The number of nitrogens with two attached hydrogens (primary N) is 1. The van der Waals surface area contributed by atoms with Crippen molar-refractivity contribution in [3.05, 3.63) is 23.8 Å². The molecule has 2 atom stereocenters. The van der Waals surface area contributed by atoms with E-state index in [-0.39, 0.29) is 0 Å². The Hall–Kier alpha value is -0.630. The van der Waals surface area contributed by atoms with E-state index in [1.807, 2.05) is 12.2 Å². The second-order valence-electron chi connectivity index (χ2n) is 3.71. The molecule has 1 aliphatic carbocycles. The highest BCUT2D eigenvalue weighted by Gasteiger charge is 2.21. The van der Waals surface area contributed by atoms with Crippen molar-refractivity contribution in [2.45, 2.75) is 32.5 Å². The number of allylic oxidation sites excluding steroid dienone is 2. The number of alkyl halides is 1. The van der Waals surface area contributed by atoms with E-state index in [0.29, 0.717) is 11.5 Å². The molecule has 0 saturated heterocycles. The van der Waals surface area contributed by atoms with Crippen LogP contribution in [0.3, 0.4) is 0 Å². The predicted molar refractivity (Wildman–Crippen MR) is 49.3 cm³/mol. The Morgan fingerprint density at radius 3 is 2.83 bits per heavy atom. The second kappa shape index (κ2) is 3.40. The van der Waals surface area contributed by atoms with Gasteiger partial charge in [0.25, 0.3) is 0 Å². The zero-order valence-electron chi connectivity index (χ0n) is 7.68. The molecule has 2 heteroatoms. The summed E-state index contributed by atoms with van der Waals surface area (Å²) >= 11 is 0. The predicted octanol–water partition coefficient (Wildman–Crippen LogP) is 2.54. The molecule has 0 aromatic carbocycles. The molecule has 0 radical (unpaired) electrons. The first-order valence-corrected chi connectivity index (χ1v) is 4.35. The van der Waals surface area contributed by atoms with Crippen LogP contribution in [0.1, 0.15) is 26.7 Å². The minimum absolute atomic E-state index is 0.598. The molecule has 0 fully saturated rings. The molecule has 0 aromatic heterocycles. The number of hydrogen-bond acceptors (Lipinski definition) is 1. The number of hydrogen-bond donors (Lipinski definition) is 1. The van der Waals surface area contributed by atoms with Gasteiger partial charge in [0, 0.05) is 0 Å². The second-order valence-corrected chi connectivity index (χ2v) is 3.71. The number of rotatable bonds is 1. The number of halogens is 1. The van der Waals surface area contributed by atoms with Crippen LogP contribution in [0.2, 0.25) is 0 Å². The molecular formula is C10H16FN. The standard InChI is InChI=1S/C10H16FN/c1-8-4-3-5-9(7-6-8)10(2,11)12/h3,5,7-8H,4,6,12H2,1-2H3. The van der Waals surface area contributed by atoms with Crippen LogP contribution in [0.4, 0.5) is 4.39 Å². The smallest absolute Gasteiger partial charge is 0.181 e. The molecule has 0 spiro atoms. The van der Waals surface area contributed by atoms with Crippen molar-refractivity contribution in [2.75, 3.05) is 0 Å². The van der Waals surface area contributed by atoms with Gasteiger partial charge in [0.1, 0.15) is 0 Å². The van der Waals surface area contributed by atoms with Crippen LogP contribution in [-0.4, -0.2) is 5.79 Å². The molecule has 0 aromatic rings. The maximum atomic E-state index is 13.2. The summed E-state index contributed by atoms with van der Waals surface area (Å²) in [6.45, 7) is 3.54. The summed E-state index contributed by atoms with van der Waals surface area (Å²) in [5.41, 5.74) is 5.94. The average molecular weight is 169 g/mol. The molecule has 68 valence electrons. The first kappa shape index (κ1) is 9.46. The van der Waals surface area contributed by atoms with Crippen LogP contribution in [0.5, 0.6) is 0 Å². The van der Waals surface area contributed by atoms with Gasteiger partial charge in [-0.05, 0) is 31.3 Å². The van der Waals surface area contributed by atoms with E-state index in [4.69, 9.17) is 5.73 Å². The largest absolute Gasteiger partial charge is 0.296 e. The van der Waals surface area contributed by atoms with Crippen molar-refractivity contribution in [1.82, 2.24) is 0 Å². The summed E-state index contributed by atoms with van der Waals surface area (Å²) in [4.78, 5) is 0. The highest BCUT2D eigenvalue weighted by molar-refractivity contribution is 5.28. The van der Waals surface area contributed by atoms with Crippen molar-refractivity contribution in [3.63, 3.8) is 0 Å². The third kappa shape index (κ3) is 2.45. The minimum atomic E-state index is -1.68. The molecule has 0 aliphatic heterocycles. The zero-order valence-corrected chi connectivity index (χ0v) is 7.68. The van der Waals surface area contributed by atoms with Gasteiger partial charge in [-0.3, -0.25) is 5.73 Å². The highest BCUT2D eigenvalue weighted by Crippen LogP contribution is 2.23. The van der Waals surface area contributed by atoms with Crippen molar-refractivity contribution >= 4 is 0 Å². The van der Waals surface area contributed by atoms with Crippen LogP contribution in [0.15, 0.2) is 23.8 Å². The Bertz CT molecular complexity index is 210. The van der Waals surface area contributed by atoms with E-state index in [1.54, 1.807) is 6.08 Å². The molecule has 2 N–H and O–H groups in total. The average Bonchev–Trinajstić information content (AvgIpc) is 2.11. The molecule has 2 unspecified atom stereocenters.